The van der Waals surface area contributed by atoms with Crippen LogP contribution in [0.15, 0.2) is 42.7 Å². The Kier molecular flexibility index (Phi) is 8.21. The fourth-order valence-electron chi connectivity index (χ4n) is 4.28. The zero-order valence-electron chi connectivity index (χ0n) is 19.8. The lowest BCUT2D eigenvalue weighted by Crippen LogP contribution is -2.42. The number of rotatable bonds is 11. The zero-order valence-corrected chi connectivity index (χ0v) is 19.8. The first-order valence-electron chi connectivity index (χ1n) is 11.9. The van der Waals surface area contributed by atoms with Gasteiger partial charge in [0.1, 0.15) is 17.3 Å². The van der Waals surface area contributed by atoms with Crippen molar-refractivity contribution in [3.63, 3.8) is 0 Å². The molecule has 1 aliphatic heterocycles. The number of aromatic amines is 1. The summed E-state index contributed by atoms with van der Waals surface area (Å²) >= 11 is 0. The standard InChI is InChI=1S/C25H29F2N7O2/c26-18-4-1-3-16(11-18)7-9-29-24-20(12-21(27)23(33-24)17-13-31-32-14-17)25(36)30-15-19-5-6-22(35)34(19)10-2-8-28/h1,3-4,11-14,19H,2,5-10,15,28H2,(H,29,33)(H,30,36)(H,31,32)/t19-/m1/s1. The van der Waals surface area contributed by atoms with Crippen LogP contribution in [-0.2, 0) is 11.2 Å². The van der Waals surface area contributed by atoms with Gasteiger partial charge in [0.05, 0.1) is 11.8 Å². The summed E-state index contributed by atoms with van der Waals surface area (Å²) in [4.78, 5) is 31.4. The molecule has 2 aromatic heterocycles. The maximum atomic E-state index is 15.0. The molecule has 0 bridgehead atoms. The third kappa shape index (κ3) is 6.03. The van der Waals surface area contributed by atoms with E-state index in [1.807, 2.05) is 0 Å². The van der Waals surface area contributed by atoms with E-state index in [2.05, 4.69) is 25.8 Å². The molecule has 2 amide bonds. The van der Waals surface area contributed by atoms with Gasteiger partial charge in [-0.05, 0) is 49.6 Å². The van der Waals surface area contributed by atoms with E-state index in [0.29, 0.717) is 50.9 Å². The van der Waals surface area contributed by atoms with E-state index in [1.54, 1.807) is 17.0 Å². The van der Waals surface area contributed by atoms with Gasteiger partial charge < -0.3 is 21.3 Å². The highest BCUT2D eigenvalue weighted by molar-refractivity contribution is 5.99. The highest BCUT2D eigenvalue weighted by Crippen LogP contribution is 2.25. The number of nitrogens with one attached hydrogen (secondary N) is 3. The van der Waals surface area contributed by atoms with Gasteiger partial charge in [0.25, 0.3) is 5.91 Å². The van der Waals surface area contributed by atoms with Crippen molar-refractivity contribution < 1.29 is 18.4 Å². The topological polar surface area (TPSA) is 129 Å². The maximum absolute atomic E-state index is 15.0. The molecule has 1 saturated heterocycles. The van der Waals surface area contributed by atoms with E-state index >= 15 is 0 Å². The largest absolute Gasteiger partial charge is 0.369 e. The molecule has 0 saturated carbocycles. The predicted octanol–water partition coefficient (Wildman–Crippen LogP) is 2.47. The number of carbonyl (C=O) groups is 2. The van der Waals surface area contributed by atoms with E-state index in [-0.39, 0.29) is 41.4 Å². The minimum absolute atomic E-state index is 0.0387. The molecule has 5 N–H and O–H groups in total. The summed E-state index contributed by atoms with van der Waals surface area (Å²) < 4.78 is 28.5. The van der Waals surface area contributed by atoms with Crippen molar-refractivity contribution in [2.45, 2.75) is 31.7 Å². The van der Waals surface area contributed by atoms with Crippen molar-refractivity contribution in [2.75, 3.05) is 31.5 Å². The van der Waals surface area contributed by atoms with E-state index < -0.39 is 11.7 Å². The van der Waals surface area contributed by atoms with E-state index in [4.69, 9.17) is 5.73 Å². The first kappa shape index (κ1) is 25.2. The Morgan fingerprint density at radius 1 is 1.28 bits per heavy atom. The molecule has 3 aromatic rings. The Hall–Kier alpha value is -3.86. The smallest absolute Gasteiger partial charge is 0.255 e. The number of hydrogen-bond acceptors (Lipinski definition) is 6. The molecule has 190 valence electrons. The second kappa shape index (κ2) is 11.7. The van der Waals surface area contributed by atoms with Crippen molar-refractivity contribution in [1.82, 2.24) is 25.4 Å². The summed E-state index contributed by atoms with van der Waals surface area (Å²) in [5.41, 5.74) is 6.87. The van der Waals surface area contributed by atoms with E-state index in [0.717, 1.165) is 11.6 Å². The third-order valence-corrected chi connectivity index (χ3v) is 6.14. The summed E-state index contributed by atoms with van der Waals surface area (Å²) in [6.45, 7) is 1.60. The van der Waals surface area contributed by atoms with Gasteiger partial charge >= 0.3 is 0 Å². The van der Waals surface area contributed by atoms with Gasteiger partial charge in [-0.25, -0.2) is 13.8 Å². The number of H-pyrrole nitrogens is 1. The minimum atomic E-state index is -0.669. The molecule has 4 rings (SSSR count). The van der Waals surface area contributed by atoms with Crippen LogP contribution in [0.4, 0.5) is 14.6 Å². The van der Waals surface area contributed by atoms with Crippen molar-refractivity contribution in [3.05, 3.63) is 65.5 Å². The number of pyridine rings is 1. The molecule has 1 fully saturated rings. The van der Waals surface area contributed by atoms with Gasteiger partial charge in [-0.15, -0.1) is 0 Å². The number of benzene rings is 1. The molecule has 11 heteroatoms. The first-order chi connectivity index (χ1) is 17.5. The number of likely N-dealkylation sites (tertiary alicyclic amines) is 1. The van der Waals surface area contributed by atoms with Gasteiger partial charge in [-0.1, -0.05) is 12.1 Å². The van der Waals surface area contributed by atoms with Gasteiger partial charge in [0.2, 0.25) is 5.91 Å². The van der Waals surface area contributed by atoms with Crippen LogP contribution < -0.4 is 16.4 Å². The highest BCUT2D eigenvalue weighted by Gasteiger charge is 2.31. The van der Waals surface area contributed by atoms with Crippen LogP contribution in [-0.4, -0.2) is 64.1 Å². The molecule has 1 aromatic carbocycles. The number of hydrogen-bond donors (Lipinski definition) is 4. The van der Waals surface area contributed by atoms with Crippen LogP contribution in [0, 0.1) is 11.6 Å². The number of nitrogens with two attached hydrogens (primary N) is 1. The predicted molar refractivity (Wildman–Crippen MR) is 131 cm³/mol. The van der Waals surface area contributed by atoms with Crippen LogP contribution in [0.3, 0.4) is 0 Å². The summed E-state index contributed by atoms with van der Waals surface area (Å²) in [6, 6.07) is 7.23. The average molecular weight is 498 g/mol. The molecule has 1 aliphatic rings. The molecule has 1 atom stereocenters. The quantitative estimate of drug-likeness (QED) is 0.322. The summed E-state index contributed by atoms with van der Waals surface area (Å²) in [6.07, 6.45) is 5.16. The van der Waals surface area contributed by atoms with Crippen LogP contribution in [0.25, 0.3) is 11.3 Å². The summed E-state index contributed by atoms with van der Waals surface area (Å²) in [7, 11) is 0. The first-order valence-corrected chi connectivity index (χ1v) is 11.9. The lowest BCUT2D eigenvalue weighted by Gasteiger charge is -2.25. The number of carbonyl (C=O) groups excluding carboxylic acids is 2. The number of amides is 2. The molecule has 0 spiro atoms. The number of halogens is 2. The maximum Gasteiger partial charge on any atom is 0.255 e. The fraction of sp³-hybridized carbons (Fsp3) is 0.360. The molecule has 0 aliphatic carbocycles. The lowest BCUT2D eigenvalue weighted by molar-refractivity contribution is -0.128. The second-order valence-electron chi connectivity index (χ2n) is 8.64. The zero-order chi connectivity index (χ0) is 25.5. The lowest BCUT2D eigenvalue weighted by atomic mass is 10.1. The number of nitrogens with zero attached hydrogens (tertiary/aromatic N) is 3. The van der Waals surface area contributed by atoms with Gasteiger partial charge in [-0.3, -0.25) is 14.7 Å². The van der Waals surface area contributed by atoms with Crippen molar-refractivity contribution >= 4 is 17.6 Å². The monoisotopic (exact) mass is 497 g/mol. The molecule has 3 heterocycles. The van der Waals surface area contributed by atoms with Crippen molar-refractivity contribution in [3.8, 4) is 11.3 Å². The Balaban J connectivity index is 1.50. The molecule has 0 unspecified atom stereocenters. The van der Waals surface area contributed by atoms with Crippen molar-refractivity contribution in [1.29, 1.82) is 0 Å². The van der Waals surface area contributed by atoms with Gasteiger partial charge in [0, 0.05) is 43.9 Å². The summed E-state index contributed by atoms with van der Waals surface area (Å²) in [5.74, 6) is -1.27. The Labute approximate surface area is 207 Å². The van der Waals surface area contributed by atoms with Crippen LogP contribution >= 0.6 is 0 Å². The number of aromatic nitrogens is 3. The molecule has 9 nitrogen and oxygen atoms in total. The SMILES string of the molecule is NCCCN1C(=O)CC[C@@H]1CNC(=O)c1cc(F)c(-c2cn[nH]c2)nc1NCCc1cccc(F)c1. The Bertz CT molecular complexity index is 1200. The Morgan fingerprint density at radius 2 is 2.14 bits per heavy atom. The van der Waals surface area contributed by atoms with Gasteiger partial charge in [-0.2, -0.15) is 5.10 Å². The second-order valence-corrected chi connectivity index (χ2v) is 8.64. The normalized spacial score (nSPS) is 15.4. The Morgan fingerprint density at radius 3 is 2.89 bits per heavy atom. The van der Waals surface area contributed by atoms with E-state index in [1.165, 1.54) is 24.5 Å². The fourth-order valence-corrected chi connectivity index (χ4v) is 4.28. The molecule has 36 heavy (non-hydrogen) atoms. The van der Waals surface area contributed by atoms with Crippen LogP contribution in [0.1, 0.15) is 35.2 Å². The van der Waals surface area contributed by atoms with Crippen LogP contribution in [0.5, 0.6) is 0 Å². The van der Waals surface area contributed by atoms with E-state index in [9.17, 15) is 18.4 Å². The van der Waals surface area contributed by atoms with Crippen LogP contribution in [0.2, 0.25) is 0 Å². The number of anilines is 1. The average Bonchev–Trinajstić information content (AvgIpc) is 3.52. The minimum Gasteiger partial charge on any atom is -0.369 e. The molecular weight excluding hydrogens is 468 g/mol. The van der Waals surface area contributed by atoms with Crippen molar-refractivity contribution in [2.24, 2.45) is 5.73 Å². The van der Waals surface area contributed by atoms with Gasteiger partial charge in [0.15, 0.2) is 5.82 Å². The molecular formula is C25H29F2N7O2. The summed E-state index contributed by atoms with van der Waals surface area (Å²) in [5, 5.41) is 12.4. The molecule has 0 radical (unpaired) electrons. The highest BCUT2D eigenvalue weighted by atomic mass is 19.1. The third-order valence-electron chi connectivity index (χ3n) is 6.14.